The number of carboxylic acids is 1. The van der Waals surface area contributed by atoms with Crippen LogP contribution in [0.3, 0.4) is 0 Å². The molecule has 2 heterocycles. The van der Waals surface area contributed by atoms with Crippen molar-refractivity contribution in [2.75, 3.05) is 0 Å². The lowest BCUT2D eigenvalue weighted by molar-refractivity contribution is -0.146. The van der Waals surface area contributed by atoms with Gasteiger partial charge >= 0.3 is 5.97 Å². The highest BCUT2D eigenvalue weighted by Gasteiger charge is 2.30. The first-order chi connectivity index (χ1) is 8.34. The third-order valence-corrected chi connectivity index (χ3v) is 4.33. The fourth-order valence-electron chi connectivity index (χ4n) is 2.07. The lowest BCUT2D eigenvalue weighted by Crippen LogP contribution is -2.27. The van der Waals surface area contributed by atoms with Gasteiger partial charge in [-0.2, -0.15) is 0 Å². The second-order valence-electron chi connectivity index (χ2n) is 5.21. The van der Waals surface area contributed by atoms with Crippen LogP contribution in [0.25, 0.3) is 5.52 Å². The van der Waals surface area contributed by atoms with E-state index < -0.39 is 11.4 Å². The molecule has 0 aliphatic rings. The van der Waals surface area contributed by atoms with E-state index in [2.05, 4.69) is 20.3 Å². The van der Waals surface area contributed by atoms with E-state index in [0.29, 0.717) is 6.42 Å². The number of carboxylic acid groups (broad SMARTS) is 1. The molecule has 0 fully saturated rings. The van der Waals surface area contributed by atoms with Gasteiger partial charge in [0, 0.05) is 22.8 Å². The average molecular weight is 310 g/mol. The summed E-state index contributed by atoms with van der Waals surface area (Å²) in [5, 5.41) is 9.25. The first-order valence-electron chi connectivity index (χ1n) is 5.82. The largest absolute Gasteiger partial charge is 0.481 e. The van der Waals surface area contributed by atoms with Crippen molar-refractivity contribution >= 4 is 27.4 Å². The third kappa shape index (κ3) is 2.05. The van der Waals surface area contributed by atoms with Gasteiger partial charge in [0.05, 0.1) is 10.9 Å². The number of rotatable bonds is 3. The van der Waals surface area contributed by atoms with Crippen molar-refractivity contribution in [2.45, 2.75) is 27.2 Å². The second-order valence-corrected chi connectivity index (χ2v) is 6.00. The summed E-state index contributed by atoms with van der Waals surface area (Å²) in [6.07, 6.45) is 2.48. The van der Waals surface area contributed by atoms with Crippen LogP contribution in [-0.2, 0) is 11.2 Å². The van der Waals surface area contributed by atoms with E-state index in [-0.39, 0.29) is 0 Å². The summed E-state index contributed by atoms with van der Waals surface area (Å²) in [5.74, 6) is -0.774. The van der Waals surface area contributed by atoms with Gasteiger partial charge in [0.15, 0.2) is 0 Å². The standard InChI is InChI=1S/C14H16BrNO2/c1-9-11(8-14(2,3)13(17)18)16-7-5-4-6-10(16)12(9)15/h4-7H,8H2,1-3H3,(H,17,18). The fourth-order valence-corrected chi connectivity index (χ4v) is 2.62. The van der Waals surface area contributed by atoms with Crippen LogP contribution in [0, 0.1) is 12.3 Å². The first-order valence-corrected chi connectivity index (χ1v) is 6.61. The maximum atomic E-state index is 11.3. The van der Waals surface area contributed by atoms with Crippen LogP contribution >= 0.6 is 15.9 Å². The van der Waals surface area contributed by atoms with Crippen LogP contribution in [0.5, 0.6) is 0 Å². The Bertz CT molecular complexity index is 614. The van der Waals surface area contributed by atoms with Crippen molar-refractivity contribution in [3.05, 3.63) is 40.1 Å². The predicted octanol–water partition coefficient (Wildman–Crippen LogP) is 3.66. The van der Waals surface area contributed by atoms with Gasteiger partial charge < -0.3 is 9.51 Å². The minimum absolute atomic E-state index is 0.505. The van der Waals surface area contributed by atoms with Crippen molar-refractivity contribution < 1.29 is 9.90 Å². The number of aromatic nitrogens is 1. The van der Waals surface area contributed by atoms with Crippen LogP contribution in [0.15, 0.2) is 28.9 Å². The molecule has 0 radical (unpaired) electrons. The third-order valence-electron chi connectivity index (χ3n) is 3.33. The minimum Gasteiger partial charge on any atom is -0.481 e. The number of carbonyl (C=O) groups is 1. The molecular formula is C14H16BrNO2. The summed E-state index contributed by atoms with van der Waals surface area (Å²) >= 11 is 3.58. The normalized spacial score (nSPS) is 12.0. The fraction of sp³-hybridized carbons (Fsp3) is 0.357. The van der Waals surface area contributed by atoms with Gasteiger partial charge in [-0.3, -0.25) is 4.79 Å². The van der Waals surface area contributed by atoms with Crippen molar-refractivity contribution in [3.63, 3.8) is 0 Å². The minimum atomic E-state index is -0.774. The van der Waals surface area contributed by atoms with Gasteiger partial charge in [-0.15, -0.1) is 0 Å². The Morgan fingerprint density at radius 3 is 2.72 bits per heavy atom. The van der Waals surface area contributed by atoms with Gasteiger partial charge in [-0.1, -0.05) is 6.07 Å². The Morgan fingerprint density at radius 1 is 1.44 bits per heavy atom. The summed E-state index contributed by atoms with van der Waals surface area (Å²) < 4.78 is 3.10. The maximum Gasteiger partial charge on any atom is 0.309 e. The molecule has 3 nitrogen and oxygen atoms in total. The molecule has 2 aromatic heterocycles. The Balaban J connectivity index is 2.58. The maximum absolute atomic E-state index is 11.3. The molecule has 0 aliphatic carbocycles. The SMILES string of the molecule is Cc1c(Br)c2ccccn2c1CC(C)(C)C(=O)O. The highest BCUT2D eigenvalue weighted by Crippen LogP contribution is 2.32. The molecule has 0 atom stereocenters. The van der Waals surface area contributed by atoms with Crippen LogP contribution in [-0.4, -0.2) is 15.5 Å². The monoisotopic (exact) mass is 309 g/mol. The van der Waals surface area contributed by atoms with Gasteiger partial charge in [0.2, 0.25) is 0 Å². The molecule has 0 amide bonds. The molecule has 0 aliphatic heterocycles. The number of fused-ring (bicyclic) bond motifs is 1. The van der Waals surface area contributed by atoms with Crippen molar-refractivity contribution in [1.82, 2.24) is 4.40 Å². The summed E-state index contributed by atoms with van der Waals surface area (Å²) in [6, 6.07) is 5.95. The lowest BCUT2D eigenvalue weighted by Gasteiger charge is -2.19. The van der Waals surface area contributed by atoms with Crippen LogP contribution in [0.2, 0.25) is 0 Å². The number of hydrogen-bond acceptors (Lipinski definition) is 1. The van der Waals surface area contributed by atoms with E-state index in [1.54, 1.807) is 13.8 Å². The molecule has 0 aromatic carbocycles. The quantitative estimate of drug-likeness (QED) is 0.940. The topological polar surface area (TPSA) is 41.7 Å². The second kappa shape index (κ2) is 4.43. The number of pyridine rings is 1. The molecule has 96 valence electrons. The molecule has 4 heteroatoms. The van der Waals surface area contributed by atoms with Gasteiger partial charge in [0.25, 0.3) is 0 Å². The van der Waals surface area contributed by atoms with Gasteiger partial charge in [-0.05, 0) is 54.4 Å². The van der Waals surface area contributed by atoms with E-state index >= 15 is 0 Å². The Hall–Kier alpha value is -1.29. The Labute approximate surface area is 115 Å². The summed E-state index contributed by atoms with van der Waals surface area (Å²) in [5.41, 5.74) is 2.46. The van der Waals surface area contributed by atoms with Gasteiger partial charge in [0.1, 0.15) is 0 Å². The van der Waals surface area contributed by atoms with E-state index in [9.17, 15) is 9.90 Å². The number of hydrogen-bond donors (Lipinski definition) is 1. The van der Waals surface area contributed by atoms with Crippen molar-refractivity contribution in [3.8, 4) is 0 Å². The van der Waals surface area contributed by atoms with Crippen molar-refractivity contribution in [2.24, 2.45) is 5.41 Å². The molecule has 0 unspecified atom stereocenters. The zero-order valence-electron chi connectivity index (χ0n) is 10.7. The zero-order chi connectivity index (χ0) is 13.5. The van der Waals surface area contributed by atoms with E-state index in [0.717, 1.165) is 21.2 Å². The first kappa shape index (κ1) is 13.1. The summed E-state index contributed by atoms with van der Waals surface area (Å²) in [4.78, 5) is 11.3. The van der Waals surface area contributed by atoms with E-state index in [4.69, 9.17) is 0 Å². The van der Waals surface area contributed by atoms with Crippen LogP contribution in [0.1, 0.15) is 25.1 Å². The summed E-state index contributed by atoms with van der Waals surface area (Å²) in [6.45, 7) is 5.53. The van der Waals surface area contributed by atoms with Crippen LogP contribution < -0.4 is 0 Å². The number of aliphatic carboxylic acids is 1. The smallest absolute Gasteiger partial charge is 0.309 e. The number of nitrogens with zero attached hydrogens (tertiary/aromatic N) is 1. The summed E-state index contributed by atoms with van der Waals surface area (Å²) in [7, 11) is 0. The van der Waals surface area contributed by atoms with Crippen molar-refractivity contribution in [1.29, 1.82) is 0 Å². The Kier molecular flexibility index (Phi) is 3.23. The number of halogens is 1. The lowest BCUT2D eigenvalue weighted by atomic mass is 9.87. The molecule has 0 saturated heterocycles. The Morgan fingerprint density at radius 2 is 2.11 bits per heavy atom. The molecule has 0 bridgehead atoms. The highest BCUT2D eigenvalue weighted by molar-refractivity contribution is 9.10. The molecule has 0 spiro atoms. The van der Waals surface area contributed by atoms with Gasteiger partial charge in [-0.25, -0.2) is 0 Å². The predicted molar refractivity (Wildman–Crippen MR) is 75.0 cm³/mol. The molecular weight excluding hydrogens is 294 g/mol. The average Bonchev–Trinajstić information content (AvgIpc) is 2.55. The van der Waals surface area contributed by atoms with E-state index in [1.807, 2.05) is 31.3 Å². The zero-order valence-corrected chi connectivity index (χ0v) is 12.3. The molecule has 2 rings (SSSR count). The highest BCUT2D eigenvalue weighted by atomic mass is 79.9. The van der Waals surface area contributed by atoms with Crippen LogP contribution in [0.4, 0.5) is 0 Å². The molecule has 1 N–H and O–H groups in total. The molecule has 18 heavy (non-hydrogen) atoms. The van der Waals surface area contributed by atoms with E-state index in [1.165, 1.54) is 0 Å². The molecule has 2 aromatic rings. The molecule has 0 saturated carbocycles.